The Morgan fingerprint density at radius 2 is 1.23 bits per heavy atom. The second-order valence-corrected chi connectivity index (χ2v) is 15.7. The van der Waals surface area contributed by atoms with Crippen molar-refractivity contribution in [2.75, 3.05) is 0 Å². The van der Waals surface area contributed by atoms with Gasteiger partial charge < -0.3 is 0 Å². The van der Waals surface area contributed by atoms with Gasteiger partial charge in [-0.15, -0.1) is 34.0 Å². The van der Waals surface area contributed by atoms with Crippen LogP contribution in [0.15, 0.2) is 26.4 Å². The first-order valence-corrected chi connectivity index (χ1v) is 17.5. The minimum Gasteiger partial charge on any atom is -0.265 e. The summed E-state index contributed by atoms with van der Waals surface area (Å²) >= 11 is 10.6. The second-order valence-electron chi connectivity index (χ2n) is 8.22. The van der Waals surface area contributed by atoms with Crippen molar-refractivity contribution in [3.05, 3.63) is 59.6 Å². The number of thiophene rings is 3. The van der Waals surface area contributed by atoms with E-state index in [1.807, 2.05) is 11.3 Å². The molecule has 0 unspecified atom stereocenters. The van der Waals surface area contributed by atoms with Gasteiger partial charge in [0.1, 0.15) is 0 Å². The van der Waals surface area contributed by atoms with Gasteiger partial charge in [-0.1, -0.05) is 84.4 Å². The summed E-state index contributed by atoms with van der Waals surface area (Å²) in [4.78, 5) is 28.4. The third kappa shape index (κ3) is 6.21. The van der Waals surface area contributed by atoms with Crippen molar-refractivity contribution in [1.29, 1.82) is 0 Å². The van der Waals surface area contributed by atoms with Crippen LogP contribution in [0.5, 0.6) is 0 Å². The topological polar surface area (TPSA) is 34.1 Å². The quantitative estimate of drug-likeness (QED) is 0.143. The highest BCUT2D eigenvalue weighted by Crippen LogP contribution is 2.35. The highest BCUT2D eigenvalue weighted by atomic mass is 32.2. The predicted molar refractivity (Wildman–Crippen MR) is 167 cm³/mol. The van der Waals surface area contributed by atoms with E-state index >= 15 is 0 Å². The van der Waals surface area contributed by atoms with E-state index in [0.29, 0.717) is 0 Å². The molecule has 0 radical (unpaired) electrons. The molecule has 0 aliphatic carbocycles. The molecule has 35 heavy (non-hydrogen) atoms. The van der Waals surface area contributed by atoms with Gasteiger partial charge in [-0.05, 0) is 48.8 Å². The third-order valence-electron chi connectivity index (χ3n) is 5.68. The summed E-state index contributed by atoms with van der Waals surface area (Å²) in [6.07, 6.45) is 17.6. The molecule has 0 bridgehead atoms. The van der Waals surface area contributed by atoms with Crippen LogP contribution in [0.4, 0.5) is 0 Å². The minimum absolute atomic E-state index is 0.167. The zero-order valence-corrected chi connectivity index (χ0v) is 24.9. The monoisotopic (exact) mass is 592 g/mol. The van der Waals surface area contributed by atoms with Gasteiger partial charge in [0.2, 0.25) is 0 Å². The second kappa shape index (κ2) is 11.9. The Balaban J connectivity index is 1.37. The van der Waals surface area contributed by atoms with Crippen LogP contribution in [0.3, 0.4) is 0 Å². The van der Waals surface area contributed by atoms with Crippen molar-refractivity contribution in [2.45, 2.75) is 51.9 Å². The normalized spacial score (nSPS) is 12.4. The molecule has 2 nitrogen and oxygen atoms in total. The SMILES string of the molecule is CCCCCCCCc1cc(/C=C/c2scc3sc(=O)sc23)sc1/C=C/c1scc2sc(=O)sc12. The molecular weight excluding hydrogens is 569 g/mol. The van der Waals surface area contributed by atoms with E-state index < -0.39 is 0 Å². The van der Waals surface area contributed by atoms with Gasteiger partial charge in [0.15, 0.2) is 0 Å². The summed E-state index contributed by atoms with van der Waals surface area (Å²) in [7, 11) is 0. The van der Waals surface area contributed by atoms with Gasteiger partial charge in [0.25, 0.3) is 8.11 Å². The standard InChI is InChI=1S/C26H24O2S7/c1-2-3-4-5-6-7-8-16-13-17(9-10-19-23-21(14-29-19)32-25(27)34-23)31-18(16)11-12-20-24-22(15-30-20)33-26(28)35-24/h9-15H,2-8H2,1H3/b10-9+,12-11+. The first-order chi connectivity index (χ1) is 17.1. The number of hydrogen-bond acceptors (Lipinski definition) is 9. The van der Waals surface area contributed by atoms with E-state index in [2.05, 4.69) is 48.1 Å². The average molecular weight is 593 g/mol. The number of unbranched alkanes of at least 4 members (excludes halogenated alkanes) is 5. The summed E-state index contributed by atoms with van der Waals surface area (Å²) < 4.78 is 4.77. The van der Waals surface area contributed by atoms with Crippen molar-refractivity contribution in [3.63, 3.8) is 0 Å². The molecule has 0 N–H and O–H groups in total. The summed E-state index contributed by atoms with van der Waals surface area (Å²) in [5.41, 5.74) is 1.41. The largest absolute Gasteiger partial charge is 0.288 e. The van der Waals surface area contributed by atoms with Crippen LogP contribution in [-0.4, -0.2) is 0 Å². The maximum absolute atomic E-state index is 11.8. The molecule has 0 aliphatic rings. The molecule has 182 valence electrons. The fourth-order valence-electron chi connectivity index (χ4n) is 3.94. The molecule has 0 fully saturated rings. The van der Waals surface area contributed by atoms with E-state index in [1.165, 1.54) is 109 Å². The van der Waals surface area contributed by atoms with Gasteiger partial charge in [0.05, 0.1) is 18.8 Å². The van der Waals surface area contributed by atoms with E-state index in [-0.39, 0.29) is 8.11 Å². The zero-order chi connectivity index (χ0) is 24.2. The summed E-state index contributed by atoms with van der Waals surface area (Å²) in [6.45, 7) is 2.26. The number of hydrogen-bond donors (Lipinski definition) is 0. The van der Waals surface area contributed by atoms with Gasteiger partial charge in [0, 0.05) is 30.3 Å². The van der Waals surface area contributed by atoms with E-state index in [9.17, 15) is 9.59 Å². The third-order valence-corrected chi connectivity index (χ3v) is 13.5. The Kier molecular flexibility index (Phi) is 8.65. The maximum atomic E-state index is 11.8. The number of rotatable bonds is 11. The molecule has 0 aliphatic heterocycles. The molecule has 0 spiro atoms. The summed E-state index contributed by atoms with van der Waals surface area (Å²) in [5.74, 6) is 0. The summed E-state index contributed by atoms with van der Waals surface area (Å²) in [5, 5.41) is 4.18. The van der Waals surface area contributed by atoms with E-state index in [0.717, 1.165) is 25.2 Å². The van der Waals surface area contributed by atoms with Crippen molar-refractivity contribution in [3.8, 4) is 0 Å². The Morgan fingerprint density at radius 1 is 0.657 bits per heavy atom. The smallest absolute Gasteiger partial charge is 0.265 e. The molecule has 0 saturated carbocycles. The highest BCUT2D eigenvalue weighted by Gasteiger charge is 2.10. The van der Waals surface area contributed by atoms with Crippen LogP contribution < -0.4 is 8.11 Å². The Labute approximate surface area is 232 Å². The maximum Gasteiger partial charge on any atom is 0.288 e. The first kappa shape index (κ1) is 25.4. The lowest BCUT2D eigenvalue weighted by atomic mass is 10.0. The van der Waals surface area contributed by atoms with Crippen LogP contribution in [0.1, 0.15) is 70.5 Å². The Morgan fingerprint density at radius 3 is 1.89 bits per heavy atom. The lowest BCUT2D eigenvalue weighted by Gasteiger charge is -2.01. The fourth-order valence-corrected chi connectivity index (χ4v) is 11.5. The van der Waals surface area contributed by atoms with Crippen LogP contribution in [-0.2, 0) is 6.42 Å². The molecule has 5 aromatic heterocycles. The molecule has 0 saturated heterocycles. The number of aryl methyl sites for hydroxylation is 1. The fraction of sp³-hybridized carbons (Fsp3) is 0.308. The predicted octanol–water partition coefficient (Wildman–Crippen LogP) is 10.4. The van der Waals surface area contributed by atoms with E-state index in [1.54, 1.807) is 22.7 Å². The minimum atomic E-state index is 0.167. The summed E-state index contributed by atoms with van der Waals surface area (Å²) in [6, 6.07) is 2.33. The lowest BCUT2D eigenvalue weighted by molar-refractivity contribution is 0.608. The molecule has 9 heteroatoms. The van der Waals surface area contributed by atoms with Gasteiger partial charge >= 0.3 is 0 Å². The van der Waals surface area contributed by atoms with Crippen LogP contribution >= 0.6 is 79.4 Å². The van der Waals surface area contributed by atoms with E-state index in [4.69, 9.17) is 0 Å². The van der Waals surface area contributed by atoms with Crippen molar-refractivity contribution in [1.82, 2.24) is 0 Å². The molecule has 0 amide bonds. The van der Waals surface area contributed by atoms with Gasteiger partial charge in [-0.2, -0.15) is 0 Å². The van der Waals surface area contributed by atoms with Crippen molar-refractivity contribution >= 4 is 122 Å². The van der Waals surface area contributed by atoms with Crippen LogP contribution in [0.2, 0.25) is 0 Å². The Bertz CT molecular complexity index is 1590. The zero-order valence-electron chi connectivity index (χ0n) is 19.2. The van der Waals surface area contributed by atoms with Crippen molar-refractivity contribution in [2.24, 2.45) is 0 Å². The molecule has 0 aromatic carbocycles. The van der Waals surface area contributed by atoms with Gasteiger partial charge in [-0.3, -0.25) is 9.59 Å². The molecule has 0 atom stereocenters. The molecule has 5 aromatic rings. The first-order valence-electron chi connectivity index (χ1n) is 11.6. The van der Waals surface area contributed by atoms with Crippen LogP contribution in [0, 0.1) is 0 Å². The van der Waals surface area contributed by atoms with Gasteiger partial charge in [-0.25, -0.2) is 0 Å². The average Bonchev–Trinajstić information content (AvgIpc) is 3.62. The van der Waals surface area contributed by atoms with Crippen molar-refractivity contribution < 1.29 is 0 Å². The lowest BCUT2D eigenvalue weighted by Crippen LogP contribution is -1.86. The molecule has 5 heterocycles. The Hall–Kier alpha value is -1.20. The molecule has 5 rings (SSSR count). The van der Waals surface area contributed by atoms with Crippen LogP contribution in [0.25, 0.3) is 43.1 Å². The highest BCUT2D eigenvalue weighted by molar-refractivity contribution is 7.39. The number of fused-ring (bicyclic) bond motifs is 2. The molecular formula is C26H24O2S7.